The van der Waals surface area contributed by atoms with Crippen molar-refractivity contribution in [3.8, 4) is 0 Å². The minimum Gasteiger partial charge on any atom is -0.480 e. The van der Waals surface area contributed by atoms with Crippen molar-refractivity contribution in [2.45, 2.75) is 40.7 Å². The molecule has 0 aliphatic heterocycles. The number of hydrogen-bond donors (Lipinski definition) is 1. The van der Waals surface area contributed by atoms with Crippen molar-refractivity contribution in [2.75, 3.05) is 13.1 Å². The lowest BCUT2D eigenvalue weighted by molar-refractivity contribution is -0.137. The summed E-state index contributed by atoms with van der Waals surface area (Å²) in [7, 11) is 0. The van der Waals surface area contributed by atoms with Gasteiger partial charge in [-0.15, -0.1) is 0 Å². The van der Waals surface area contributed by atoms with Gasteiger partial charge in [0.1, 0.15) is 6.54 Å². The van der Waals surface area contributed by atoms with Crippen molar-refractivity contribution in [1.29, 1.82) is 0 Å². The number of rotatable bonds is 6. The van der Waals surface area contributed by atoms with Crippen LogP contribution in [0, 0.1) is 12.8 Å². The second-order valence-electron chi connectivity index (χ2n) is 6.70. The number of aliphatic carboxylic acids is 1. The standard InChI is InChI=1S/C17H24N4O3/c1-10(2)8-20(9-15(22)23)17(24)13-6-12(5)19-16-14(13)7-18-21(16)11(3)4/h6-7,10-11H,8-9H2,1-5H3,(H,22,23). The second-order valence-corrected chi connectivity index (χ2v) is 6.70. The number of aromatic nitrogens is 3. The monoisotopic (exact) mass is 332 g/mol. The zero-order chi connectivity index (χ0) is 18.0. The fourth-order valence-electron chi connectivity index (χ4n) is 2.69. The molecule has 2 aromatic rings. The Bertz CT molecular complexity index is 765. The lowest BCUT2D eigenvalue weighted by Gasteiger charge is -2.23. The van der Waals surface area contributed by atoms with Crippen LogP contribution in [-0.4, -0.2) is 49.7 Å². The van der Waals surface area contributed by atoms with Gasteiger partial charge >= 0.3 is 5.97 Å². The first-order valence-electron chi connectivity index (χ1n) is 8.06. The summed E-state index contributed by atoms with van der Waals surface area (Å²) in [5, 5.41) is 14.1. The van der Waals surface area contributed by atoms with Crippen molar-refractivity contribution in [1.82, 2.24) is 19.7 Å². The van der Waals surface area contributed by atoms with E-state index in [0.29, 0.717) is 28.8 Å². The van der Waals surface area contributed by atoms with Crippen LogP contribution in [0.1, 0.15) is 49.8 Å². The van der Waals surface area contributed by atoms with Gasteiger partial charge in [0.2, 0.25) is 0 Å². The number of amides is 1. The number of carboxylic acids is 1. The predicted octanol–water partition coefficient (Wildman–Crippen LogP) is 2.50. The normalized spacial score (nSPS) is 11.5. The molecule has 2 aromatic heterocycles. The van der Waals surface area contributed by atoms with E-state index in [1.807, 2.05) is 34.6 Å². The van der Waals surface area contributed by atoms with E-state index >= 15 is 0 Å². The van der Waals surface area contributed by atoms with E-state index in [0.717, 1.165) is 0 Å². The van der Waals surface area contributed by atoms with Crippen LogP contribution in [0.4, 0.5) is 0 Å². The fraction of sp³-hybridized carbons (Fsp3) is 0.529. The minimum absolute atomic E-state index is 0.116. The molecule has 0 aromatic carbocycles. The second kappa shape index (κ2) is 6.98. The number of aryl methyl sites for hydroxylation is 1. The molecule has 130 valence electrons. The highest BCUT2D eigenvalue weighted by Gasteiger charge is 2.23. The highest BCUT2D eigenvalue weighted by molar-refractivity contribution is 6.06. The maximum absolute atomic E-state index is 13.0. The number of carboxylic acid groups (broad SMARTS) is 1. The van der Waals surface area contributed by atoms with Crippen LogP contribution >= 0.6 is 0 Å². The molecule has 1 amide bonds. The van der Waals surface area contributed by atoms with Gasteiger partial charge in [-0.2, -0.15) is 5.10 Å². The molecule has 0 radical (unpaired) electrons. The average Bonchev–Trinajstić information content (AvgIpc) is 2.87. The largest absolute Gasteiger partial charge is 0.480 e. The van der Waals surface area contributed by atoms with E-state index in [4.69, 9.17) is 5.11 Å². The number of carbonyl (C=O) groups excluding carboxylic acids is 1. The topological polar surface area (TPSA) is 88.3 Å². The zero-order valence-electron chi connectivity index (χ0n) is 14.8. The Morgan fingerprint density at radius 1 is 1.29 bits per heavy atom. The van der Waals surface area contributed by atoms with E-state index in [1.54, 1.807) is 16.9 Å². The van der Waals surface area contributed by atoms with Gasteiger partial charge in [0.25, 0.3) is 5.91 Å². The first-order chi connectivity index (χ1) is 11.2. The first-order valence-corrected chi connectivity index (χ1v) is 8.06. The van der Waals surface area contributed by atoms with Gasteiger partial charge in [0.15, 0.2) is 5.65 Å². The molecule has 0 atom stereocenters. The predicted molar refractivity (Wildman–Crippen MR) is 91.0 cm³/mol. The summed E-state index contributed by atoms with van der Waals surface area (Å²) >= 11 is 0. The summed E-state index contributed by atoms with van der Waals surface area (Å²) < 4.78 is 1.77. The quantitative estimate of drug-likeness (QED) is 0.878. The smallest absolute Gasteiger partial charge is 0.323 e. The summed E-state index contributed by atoms with van der Waals surface area (Å²) in [5.41, 5.74) is 1.80. The van der Waals surface area contributed by atoms with Crippen LogP contribution in [0.25, 0.3) is 11.0 Å². The molecule has 0 saturated carbocycles. The molecule has 2 heterocycles. The Balaban J connectivity index is 2.52. The van der Waals surface area contributed by atoms with Crippen LogP contribution < -0.4 is 0 Å². The molecule has 0 spiro atoms. The Hall–Kier alpha value is -2.44. The Kier molecular flexibility index (Phi) is 5.21. The SMILES string of the molecule is Cc1cc(C(=O)N(CC(=O)O)CC(C)C)c2cnn(C(C)C)c2n1. The number of pyridine rings is 1. The van der Waals surface area contributed by atoms with E-state index in [2.05, 4.69) is 10.1 Å². The van der Waals surface area contributed by atoms with Gasteiger partial charge in [-0.25, -0.2) is 9.67 Å². The fourth-order valence-corrected chi connectivity index (χ4v) is 2.69. The third kappa shape index (κ3) is 3.72. The molecule has 1 N–H and O–H groups in total. The van der Waals surface area contributed by atoms with Gasteiger partial charge in [-0.3, -0.25) is 9.59 Å². The number of hydrogen-bond acceptors (Lipinski definition) is 4. The van der Waals surface area contributed by atoms with Crippen LogP contribution in [0.2, 0.25) is 0 Å². The Labute approximate surface area is 141 Å². The lowest BCUT2D eigenvalue weighted by Crippen LogP contribution is -2.38. The molecule has 7 nitrogen and oxygen atoms in total. The van der Waals surface area contributed by atoms with Gasteiger partial charge in [-0.1, -0.05) is 13.8 Å². The Morgan fingerprint density at radius 3 is 2.50 bits per heavy atom. The number of nitrogens with zero attached hydrogens (tertiary/aromatic N) is 4. The maximum atomic E-state index is 13.0. The van der Waals surface area contributed by atoms with E-state index in [-0.39, 0.29) is 24.4 Å². The molecular weight excluding hydrogens is 308 g/mol. The number of fused-ring (bicyclic) bond motifs is 1. The third-order valence-corrected chi connectivity index (χ3v) is 3.61. The van der Waals surface area contributed by atoms with Crippen LogP contribution in [0.3, 0.4) is 0 Å². The summed E-state index contributed by atoms with van der Waals surface area (Å²) in [6.07, 6.45) is 1.63. The molecule has 2 rings (SSSR count). The Morgan fingerprint density at radius 2 is 1.96 bits per heavy atom. The van der Waals surface area contributed by atoms with E-state index in [1.165, 1.54) is 4.90 Å². The van der Waals surface area contributed by atoms with Crippen molar-refractivity contribution >= 4 is 22.9 Å². The van der Waals surface area contributed by atoms with Crippen LogP contribution in [0.5, 0.6) is 0 Å². The van der Waals surface area contributed by atoms with Crippen LogP contribution in [-0.2, 0) is 4.79 Å². The van der Waals surface area contributed by atoms with Crippen molar-refractivity contribution in [2.24, 2.45) is 5.92 Å². The van der Waals surface area contributed by atoms with Crippen molar-refractivity contribution in [3.63, 3.8) is 0 Å². The van der Waals surface area contributed by atoms with Crippen molar-refractivity contribution in [3.05, 3.63) is 23.5 Å². The lowest BCUT2D eigenvalue weighted by atomic mass is 10.1. The first kappa shape index (κ1) is 17.9. The summed E-state index contributed by atoms with van der Waals surface area (Å²) in [6.45, 7) is 9.77. The highest BCUT2D eigenvalue weighted by atomic mass is 16.4. The summed E-state index contributed by atoms with van der Waals surface area (Å²) in [4.78, 5) is 30.0. The van der Waals surface area contributed by atoms with Gasteiger partial charge in [-0.05, 0) is 32.8 Å². The van der Waals surface area contributed by atoms with Gasteiger partial charge < -0.3 is 10.0 Å². The molecule has 7 heteroatoms. The summed E-state index contributed by atoms with van der Waals surface area (Å²) in [5.74, 6) is -1.15. The average molecular weight is 332 g/mol. The molecule has 0 aliphatic rings. The zero-order valence-corrected chi connectivity index (χ0v) is 14.8. The molecule has 24 heavy (non-hydrogen) atoms. The highest BCUT2D eigenvalue weighted by Crippen LogP contribution is 2.22. The van der Waals surface area contributed by atoms with Gasteiger partial charge in [0, 0.05) is 18.3 Å². The van der Waals surface area contributed by atoms with E-state index in [9.17, 15) is 9.59 Å². The molecular formula is C17H24N4O3. The van der Waals surface area contributed by atoms with Gasteiger partial charge in [0.05, 0.1) is 17.1 Å². The molecule has 0 bridgehead atoms. The molecule has 0 aliphatic carbocycles. The number of carbonyl (C=O) groups is 2. The van der Waals surface area contributed by atoms with Crippen LogP contribution in [0.15, 0.2) is 12.3 Å². The molecule has 0 fully saturated rings. The maximum Gasteiger partial charge on any atom is 0.323 e. The molecule has 0 saturated heterocycles. The van der Waals surface area contributed by atoms with Crippen molar-refractivity contribution < 1.29 is 14.7 Å². The third-order valence-electron chi connectivity index (χ3n) is 3.61. The summed E-state index contributed by atoms with van der Waals surface area (Å²) in [6, 6.07) is 1.82. The molecule has 0 unspecified atom stereocenters. The minimum atomic E-state index is -1.02. The van der Waals surface area contributed by atoms with E-state index < -0.39 is 5.97 Å².